The highest BCUT2D eigenvalue weighted by Gasteiger charge is 2.10. The van der Waals surface area contributed by atoms with E-state index in [0.29, 0.717) is 12.0 Å². The number of anilines is 1. The standard InChI is InChI=1S/C16H27N5/c1-11(2)10-20-13(5)7-16(19-20)17-8-15-9-18-21(12(3)4)14(15)6/h7,9,11-12H,8,10H2,1-6H3,(H,17,19). The van der Waals surface area contributed by atoms with Crippen LogP contribution in [0.5, 0.6) is 0 Å². The molecule has 0 aliphatic carbocycles. The lowest BCUT2D eigenvalue weighted by molar-refractivity contribution is 0.475. The molecular weight excluding hydrogens is 262 g/mol. The second kappa shape index (κ2) is 6.33. The molecule has 2 aromatic rings. The smallest absolute Gasteiger partial charge is 0.148 e. The molecule has 5 heteroatoms. The molecule has 0 aromatic carbocycles. The van der Waals surface area contributed by atoms with Crippen LogP contribution in [0.4, 0.5) is 5.82 Å². The van der Waals surface area contributed by atoms with Gasteiger partial charge in [-0.3, -0.25) is 9.36 Å². The maximum Gasteiger partial charge on any atom is 0.148 e. The summed E-state index contributed by atoms with van der Waals surface area (Å²) in [7, 11) is 0. The van der Waals surface area contributed by atoms with E-state index in [0.717, 1.165) is 18.9 Å². The number of nitrogens with one attached hydrogen (secondary N) is 1. The zero-order valence-corrected chi connectivity index (χ0v) is 14.0. The van der Waals surface area contributed by atoms with Gasteiger partial charge in [0.05, 0.1) is 6.20 Å². The van der Waals surface area contributed by atoms with Gasteiger partial charge in [0.25, 0.3) is 0 Å². The predicted octanol–water partition coefficient (Wildman–Crippen LogP) is 3.55. The summed E-state index contributed by atoms with van der Waals surface area (Å²) in [5, 5.41) is 12.5. The lowest BCUT2D eigenvalue weighted by Gasteiger charge is -2.09. The van der Waals surface area contributed by atoms with Gasteiger partial charge < -0.3 is 5.32 Å². The van der Waals surface area contributed by atoms with Crippen molar-refractivity contribution in [1.82, 2.24) is 19.6 Å². The van der Waals surface area contributed by atoms with Gasteiger partial charge in [-0.15, -0.1) is 0 Å². The Kier molecular flexibility index (Phi) is 4.70. The number of aromatic nitrogens is 4. The Morgan fingerprint density at radius 1 is 1.19 bits per heavy atom. The average Bonchev–Trinajstić information content (AvgIpc) is 2.91. The summed E-state index contributed by atoms with van der Waals surface area (Å²) in [6, 6.07) is 2.50. The van der Waals surface area contributed by atoms with Gasteiger partial charge in [-0.1, -0.05) is 13.8 Å². The number of rotatable bonds is 6. The predicted molar refractivity (Wildman–Crippen MR) is 86.5 cm³/mol. The van der Waals surface area contributed by atoms with Gasteiger partial charge in [0, 0.05) is 42.1 Å². The van der Waals surface area contributed by atoms with E-state index in [2.05, 4.69) is 72.5 Å². The lowest BCUT2D eigenvalue weighted by atomic mass is 10.2. The average molecular weight is 289 g/mol. The van der Waals surface area contributed by atoms with Crippen LogP contribution in [-0.2, 0) is 13.1 Å². The van der Waals surface area contributed by atoms with E-state index in [1.807, 2.05) is 6.20 Å². The van der Waals surface area contributed by atoms with Gasteiger partial charge in [0.2, 0.25) is 0 Å². The molecule has 0 amide bonds. The Hall–Kier alpha value is -1.78. The molecule has 0 saturated carbocycles. The molecule has 2 rings (SSSR count). The number of hydrogen-bond donors (Lipinski definition) is 1. The molecule has 0 radical (unpaired) electrons. The third-order valence-electron chi connectivity index (χ3n) is 3.61. The molecule has 5 nitrogen and oxygen atoms in total. The van der Waals surface area contributed by atoms with Crippen molar-refractivity contribution >= 4 is 5.82 Å². The normalized spacial score (nSPS) is 11.6. The Balaban J connectivity index is 2.03. The first-order valence-corrected chi connectivity index (χ1v) is 7.69. The lowest BCUT2D eigenvalue weighted by Crippen LogP contribution is -2.09. The van der Waals surface area contributed by atoms with Crippen molar-refractivity contribution in [2.45, 2.75) is 60.7 Å². The molecule has 0 spiro atoms. The largest absolute Gasteiger partial charge is 0.364 e. The molecule has 21 heavy (non-hydrogen) atoms. The first kappa shape index (κ1) is 15.6. The molecule has 0 aliphatic rings. The summed E-state index contributed by atoms with van der Waals surface area (Å²) in [5.74, 6) is 1.54. The Morgan fingerprint density at radius 2 is 1.90 bits per heavy atom. The van der Waals surface area contributed by atoms with Crippen LogP contribution >= 0.6 is 0 Å². The van der Waals surface area contributed by atoms with Crippen LogP contribution in [0.15, 0.2) is 12.3 Å². The summed E-state index contributed by atoms with van der Waals surface area (Å²) in [5.41, 5.74) is 3.64. The van der Waals surface area contributed by atoms with Crippen molar-refractivity contribution in [2.24, 2.45) is 5.92 Å². The van der Waals surface area contributed by atoms with Gasteiger partial charge in [0.15, 0.2) is 0 Å². The molecule has 0 atom stereocenters. The van der Waals surface area contributed by atoms with Crippen LogP contribution in [-0.4, -0.2) is 19.6 Å². The van der Waals surface area contributed by atoms with E-state index in [1.165, 1.54) is 17.0 Å². The van der Waals surface area contributed by atoms with E-state index in [-0.39, 0.29) is 0 Å². The molecule has 116 valence electrons. The second-order valence-corrected chi connectivity index (χ2v) is 6.39. The van der Waals surface area contributed by atoms with E-state index < -0.39 is 0 Å². The van der Waals surface area contributed by atoms with Gasteiger partial charge in [0.1, 0.15) is 5.82 Å². The Morgan fingerprint density at radius 3 is 2.48 bits per heavy atom. The van der Waals surface area contributed by atoms with Crippen molar-refractivity contribution in [3.63, 3.8) is 0 Å². The van der Waals surface area contributed by atoms with Gasteiger partial charge in [-0.05, 0) is 33.6 Å². The highest BCUT2D eigenvalue weighted by molar-refractivity contribution is 5.37. The van der Waals surface area contributed by atoms with E-state index in [9.17, 15) is 0 Å². The fourth-order valence-electron chi connectivity index (χ4n) is 2.47. The van der Waals surface area contributed by atoms with Gasteiger partial charge in [-0.2, -0.15) is 10.2 Å². The first-order valence-electron chi connectivity index (χ1n) is 7.69. The summed E-state index contributed by atoms with van der Waals surface area (Å²) in [6.07, 6.45) is 1.94. The quantitative estimate of drug-likeness (QED) is 0.884. The minimum Gasteiger partial charge on any atom is -0.364 e. The van der Waals surface area contributed by atoms with E-state index in [4.69, 9.17) is 0 Å². The van der Waals surface area contributed by atoms with Crippen molar-refractivity contribution in [1.29, 1.82) is 0 Å². The zero-order chi connectivity index (χ0) is 15.6. The summed E-state index contributed by atoms with van der Waals surface area (Å²) < 4.78 is 4.12. The van der Waals surface area contributed by atoms with E-state index in [1.54, 1.807) is 0 Å². The summed E-state index contributed by atoms with van der Waals surface area (Å²) >= 11 is 0. The van der Waals surface area contributed by atoms with Crippen LogP contribution in [0.3, 0.4) is 0 Å². The van der Waals surface area contributed by atoms with Crippen molar-refractivity contribution in [3.8, 4) is 0 Å². The molecular formula is C16H27N5. The summed E-state index contributed by atoms with van der Waals surface area (Å²) in [6.45, 7) is 14.6. The molecule has 0 aliphatic heterocycles. The Bertz CT molecular complexity index is 592. The van der Waals surface area contributed by atoms with Crippen LogP contribution in [0.1, 0.15) is 50.7 Å². The van der Waals surface area contributed by atoms with Crippen molar-refractivity contribution < 1.29 is 0 Å². The maximum absolute atomic E-state index is 4.61. The fraction of sp³-hybridized carbons (Fsp3) is 0.625. The highest BCUT2D eigenvalue weighted by atomic mass is 15.3. The topological polar surface area (TPSA) is 47.7 Å². The SMILES string of the molecule is Cc1cc(NCc2cnn(C(C)C)c2C)nn1CC(C)C. The molecule has 0 unspecified atom stereocenters. The van der Waals surface area contributed by atoms with Crippen LogP contribution in [0, 0.1) is 19.8 Å². The molecule has 0 saturated heterocycles. The number of aryl methyl sites for hydroxylation is 1. The van der Waals surface area contributed by atoms with Crippen LogP contribution < -0.4 is 5.32 Å². The monoisotopic (exact) mass is 289 g/mol. The van der Waals surface area contributed by atoms with Gasteiger partial charge in [-0.25, -0.2) is 0 Å². The van der Waals surface area contributed by atoms with Crippen molar-refractivity contribution in [3.05, 3.63) is 29.2 Å². The molecule has 0 bridgehead atoms. The minimum atomic E-state index is 0.395. The molecule has 1 N–H and O–H groups in total. The maximum atomic E-state index is 4.61. The summed E-state index contributed by atoms with van der Waals surface area (Å²) in [4.78, 5) is 0. The molecule has 2 heterocycles. The Labute approximate surface area is 127 Å². The van der Waals surface area contributed by atoms with Crippen LogP contribution in [0.25, 0.3) is 0 Å². The first-order chi connectivity index (χ1) is 9.88. The van der Waals surface area contributed by atoms with Crippen LogP contribution in [0.2, 0.25) is 0 Å². The highest BCUT2D eigenvalue weighted by Crippen LogP contribution is 2.16. The molecule has 2 aromatic heterocycles. The van der Waals surface area contributed by atoms with Gasteiger partial charge >= 0.3 is 0 Å². The van der Waals surface area contributed by atoms with E-state index >= 15 is 0 Å². The minimum absolute atomic E-state index is 0.395. The third kappa shape index (κ3) is 3.65. The number of nitrogens with zero attached hydrogens (tertiary/aromatic N) is 4. The zero-order valence-electron chi connectivity index (χ0n) is 14.0. The number of hydrogen-bond acceptors (Lipinski definition) is 3. The van der Waals surface area contributed by atoms with Crippen molar-refractivity contribution in [2.75, 3.05) is 5.32 Å². The second-order valence-electron chi connectivity index (χ2n) is 6.39. The molecule has 0 fully saturated rings. The third-order valence-corrected chi connectivity index (χ3v) is 3.61. The fourth-order valence-corrected chi connectivity index (χ4v) is 2.47.